The van der Waals surface area contributed by atoms with Gasteiger partial charge in [0.1, 0.15) is 81.8 Å². The van der Waals surface area contributed by atoms with Crippen molar-refractivity contribution in [2.75, 3.05) is 106 Å². The first kappa shape index (κ1) is 87.5. The third-order valence-electron chi connectivity index (χ3n) is 23.5. The zero-order chi connectivity index (χ0) is 91.7. The molecule has 3 saturated heterocycles. The average Bonchev–Trinajstić information content (AvgIpc) is 1.57. The molecule has 21 rings (SSSR count). The number of likely N-dealkylation sites (tertiary alicyclic amines) is 2. The molecule has 666 valence electrons. The van der Waals surface area contributed by atoms with Crippen molar-refractivity contribution in [1.29, 1.82) is 15.8 Å². The van der Waals surface area contributed by atoms with E-state index in [9.17, 15) is 44.6 Å². The summed E-state index contributed by atoms with van der Waals surface area (Å²) in [5.41, 5.74) is 9.94. The second kappa shape index (κ2) is 39.5. The number of nitrogens with one attached hydrogen (secondary N) is 6. The number of thiophene rings is 3. The topological polar surface area (TPSA) is 350 Å². The lowest BCUT2D eigenvalue weighted by molar-refractivity contribution is 0.0342. The Morgan fingerprint density at radius 1 is 0.388 bits per heavy atom. The summed E-state index contributed by atoms with van der Waals surface area (Å²) in [6.45, 7) is 10.0. The molecule has 0 atom stereocenters. The molecule has 0 radical (unpaired) electrons. The van der Waals surface area contributed by atoms with E-state index < -0.39 is 18.1 Å². The van der Waals surface area contributed by atoms with Crippen LogP contribution in [0, 0.1) is 34.0 Å². The number of rotatable bonds is 22. The highest BCUT2D eigenvalue weighted by molar-refractivity contribution is 7.22. The second-order valence-electron chi connectivity index (χ2n) is 32.3. The number of anilines is 12. The van der Waals surface area contributed by atoms with Crippen molar-refractivity contribution in [1.82, 2.24) is 29.7 Å². The molecule has 6 aliphatic heterocycles. The Hall–Kier alpha value is -15.8. The number of carbonyl (C=O) groups is 6. The third-order valence-corrected chi connectivity index (χ3v) is 26.8. The van der Waals surface area contributed by atoms with Gasteiger partial charge in [-0.3, -0.25) is 43.8 Å². The largest absolute Gasteiger partial charge is 0.457 e. The number of ether oxygens (including phenoxy) is 5. The standard InChI is InChI=1S/C35H30N6O4S.C34H28N6O3S.C33H26N6O4S/c1-44-26-15-17-40(18-16-26)21-22-7-9-24(10-8-22)38-33(42)32-30-29-31(23(19-36)20-37-34(29)46-32)41(35(43)39-30)25-11-13-28(14-12-25)45-27-5-3-2-4-6-27;35-19-23-20-36-33-28-29(31(44-33)32(41)37-24-11-9-22(10-12-24)21-39-17-5-2-6-18-39)38-34(42)40(30(23)28)25-13-15-27(16-14-25)43-26-7-3-1-4-8-26;34-18-22-19-35-32-27-28(30(44-32)31(40)36-23-8-6-21(7-9-23)20-38-14-16-42-17-15-38)37-33(41)39(29(22)27)24-10-12-26(13-11-24)43-25-4-2-1-3-5-25/h2-14,20,26H,15-18,21H2,1H3,(H,38,42)(H,39,43);1,3-4,7-16,20H,2,5-6,17-18,21H2,(H,37,41)(H,38,42);1-13,19H,14-17,20H2,(H,36,40)(H,37,41). The molecule has 134 heavy (non-hydrogen) atoms. The number of piperidine rings is 2. The number of urea groups is 3. The Morgan fingerprint density at radius 3 is 0.978 bits per heavy atom. The molecule has 6 aliphatic rings. The number of nitriles is 3. The van der Waals surface area contributed by atoms with Crippen LogP contribution >= 0.6 is 34.0 Å². The van der Waals surface area contributed by atoms with Gasteiger partial charge in [-0.25, -0.2) is 29.3 Å². The maximum Gasteiger partial charge on any atom is 0.331 e. The molecule has 32 heteroatoms. The molecule has 9 amide bonds. The first-order valence-corrected chi connectivity index (χ1v) is 46.0. The Balaban J connectivity index is 0.000000129. The van der Waals surface area contributed by atoms with E-state index in [2.05, 4.69) is 79.8 Å². The quantitative estimate of drug-likeness (QED) is 0.0367. The minimum absolute atomic E-state index is 0.221. The third kappa shape index (κ3) is 19.0. The zero-order valence-electron chi connectivity index (χ0n) is 72.2. The summed E-state index contributed by atoms with van der Waals surface area (Å²) in [6, 6.07) is 77.7. The predicted octanol–water partition coefficient (Wildman–Crippen LogP) is 22.1. The summed E-state index contributed by atoms with van der Waals surface area (Å²) in [5, 5.41) is 49.1. The van der Waals surface area contributed by atoms with Gasteiger partial charge in [0.25, 0.3) is 17.7 Å². The molecule has 6 aromatic heterocycles. The second-order valence-corrected chi connectivity index (χ2v) is 35.3. The van der Waals surface area contributed by atoms with Gasteiger partial charge < -0.3 is 55.6 Å². The molecule has 0 spiro atoms. The van der Waals surface area contributed by atoms with Crippen molar-refractivity contribution < 1.29 is 52.5 Å². The van der Waals surface area contributed by atoms with Gasteiger partial charge in [-0.2, -0.15) is 15.8 Å². The van der Waals surface area contributed by atoms with E-state index >= 15 is 0 Å². The van der Waals surface area contributed by atoms with Gasteiger partial charge in [0, 0.05) is 88.6 Å². The van der Waals surface area contributed by atoms with Crippen LogP contribution in [0.5, 0.6) is 34.5 Å². The van der Waals surface area contributed by atoms with Gasteiger partial charge in [-0.15, -0.1) is 34.0 Å². The van der Waals surface area contributed by atoms with Gasteiger partial charge >= 0.3 is 18.1 Å². The number of benzene rings is 9. The van der Waals surface area contributed by atoms with Gasteiger partial charge in [0.2, 0.25) is 0 Å². The van der Waals surface area contributed by atoms with Crippen LogP contribution in [0.2, 0.25) is 0 Å². The molecule has 15 aromatic rings. The van der Waals surface area contributed by atoms with Crippen LogP contribution in [0.25, 0.3) is 30.6 Å². The molecule has 3 fully saturated rings. The lowest BCUT2D eigenvalue weighted by Gasteiger charge is -2.31. The van der Waals surface area contributed by atoms with Crippen LogP contribution in [-0.4, -0.2) is 131 Å². The molecular weight excluding hydrogens is 1750 g/mol. The molecular formula is C102H84N18O11S3. The maximum atomic E-state index is 13.6. The normalized spacial score (nSPS) is 14.7. The van der Waals surface area contributed by atoms with E-state index in [1.54, 1.807) is 79.9 Å². The van der Waals surface area contributed by atoms with Crippen molar-refractivity contribution in [3.63, 3.8) is 0 Å². The summed E-state index contributed by atoms with van der Waals surface area (Å²) in [6.07, 6.45) is 10.5. The molecule has 0 unspecified atom stereocenters. The first-order valence-electron chi connectivity index (χ1n) is 43.5. The van der Waals surface area contributed by atoms with E-state index in [1.165, 1.54) is 92.1 Å². The number of nitrogens with zero attached hydrogens (tertiary/aromatic N) is 12. The summed E-state index contributed by atoms with van der Waals surface area (Å²) in [5.74, 6) is 2.79. The average molecular weight is 1830 g/mol. The number of amides is 9. The van der Waals surface area contributed by atoms with Crippen LogP contribution in [-0.2, 0) is 29.1 Å². The summed E-state index contributed by atoms with van der Waals surface area (Å²) < 4.78 is 28.6. The van der Waals surface area contributed by atoms with E-state index in [-0.39, 0.29) is 34.4 Å². The number of pyridine rings is 3. The van der Waals surface area contributed by atoms with E-state index in [4.69, 9.17) is 23.7 Å². The van der Waals surface area contributed by atoms with Gasteiger partial charge in [-0.05, 0) is 201 Å². The van der Waals surface area contributed by atoms with Crippen molar-refractivity contribution in [3.8, 4) is 52.7 Å². The number of morpholine rings is 1. The Bertz CT molecular complexity index is 6800. The fourth-order valence-electron chi connectivity index (χ4n) is 16.9. The Morgan fingerprint density at radius 2 is 0.679 bits per heavy atom. The van der Waals surface area contributed by atoms with E-state index in [1.807, 2.05) is 164 Å². The van der Waals surface area contributed by atoms with Crippen molar-refractivity contribution >= 4 is 169 Å². The number of hydrogen-bond acceptors (Lipinski definition) is 23. The van der Waals surface area contributed by atoms with Crippen molar-refractivity contribution in [2.24, 2.45) is 0 Å². The fourth-order valence-corrected chi connectivity index (χ4v) is 19.9. The summed E-state index contributed by atoms with van der Waals surface area (Å²) in [7, 11) is 1.77. The number of para-hydroxylation sites is 3. The minimum atomic E-state index is -0.488. The van der Waals surface area contributed by atoms with Crippen LogP contribution in [0.3, 0.4) is 0 Å². The number of carbonyl (C=O) groups excluding carboxylic acids is 6. The number of hydrogen-bond donors (Lipinski definition) is 6. The molecule has 0 bridgehead atoms. The van der Waals surface area contributed by atoms with Crippen molar-refractivity contribution in [3.05, 3.63) is 303 Å². The Labute approximate surface area is 781 Å². The highest BCUT2D eigenvalue weighted by Crippen LogP contribution is 2.52. The number of aromatic nitrogens is 3. The minimum Gasteiger partial charge on any atom is -0.457 e. The predicted molar refractivity (Wildman–Crippen MR) is 519 cm³/mol. The Kier molecular flexibility index (Phi) is 25.8. The highest BCUT2D eigenvalue weighted by atomic mass is 32.1. The number of methoxy groups -OCH3 is 1. The van der Waals surface area contributed by atoms with Gasteiger partial charge in [0.05, 0.1) is 103 Å². The molecule has 29 nitrogen and oxygen atoms in total. The van der Waals surface area contributed by atoms with Gasteiger partial charge in [0.15, 0.2) is 0 Å². The smallest absolute Gasteiger partial charge is 0.331 e. The molecule has 9 aromatic carbocycles. The summed E-state index contributed by atoms with van der Waals surface area (Å²) >= 11 is 3.51. The maximum absolute atomic E-state index is 13.6. The molecule has 12 heterocycles. The van der Waals surface area contributed by atoms with Crippen LogP contribution in [0.15, 0.2) is 255 Å². The fraction of sp³-hybridized carbons (Fsp3) is 0.176. The summed E-state index contributed by atoms with van der Waals surface area (Å²) in [4.78, 5) is 109. The molecule has 0 saturated carbocycles. The molecule has 0 aliphatic carbocycles. The monoisotopic (exact) mass is 1830 g/mol. The highest BCUT2D eigenvalue weighted by Gasteiger charge is 2.40. The molecule has 6 N–H and O–H groups in total. The van der Waals surface area contributed by atoms with Crippen LogP contribution in [0.4, 0.5) is 82.6 Å². The zero-order valence-corrected chi connectivity index (χ0v) is 74.7. The van der Waals surface area contributed by atoms with Crippen molar-refractivity contribution in [2.45, 2.75) is 57.8 Å². The lowest BCUT2D eigenvalue weighted by atomic mass is 10.1. The van der Waals surface area contributed by atoms with Gasteiger partial charge in [-0.1, -0.05) is 97.4 Å². The SMILES string of the molecule is COC1CCN(Cc2ccc(NC(=O)c3sc4ncc(C#N)c5c4c3NC(=O)N5c3ccc(Oc4ccccc4)cc3)cc2)CC1.N#Cc1cnc2sc(C(=O)Nc3ccc(CN4CCCCC4)cc3)c3c2c1N(c1ccc(Oc2ccccc2)cc1)C(=O)N3.N#Cc1cnc2sc(C(=O)Nc3ccc(CN4CCOCC4)cc3)c3c2c1N(c1ccc(Oc2ccccc2)cc1)C(=O)N3. The first-order chi connectivity index (χ1) is 65.6. The van der Waals surface area contributed by atoms with Crippen LogP contribution < -0.4 is 60.8 Å². The van der Waals surface area contributed by atoms with E-state index in [0.717, 1.165) is 96.1 Å². The van der Waals surface area contributed by atoms with E-state index in [0.29, 0.717) is 154 Å². The van der Waals surface area contributed by atoms with Crippen LogP contribution in [0.1, 0.15) is 94.5 Å². The lowest BCUT2D eigenvalue weighted by Crippen LogP contribution is -2.36.